The van der Waals surface area contributed by atoms with E-state index >= 15 is 0 Å². The molecule has 0 unspecified atom stereocenters. The van der Waals surface area contributed by atoms with Gasteiger partial charge < -0.3 is 4.74 Å². The zero-order valence-corrected chi connectivity index (χ0v) is 11.7. The highest BCUT2D eigenvalue weighted by atomic mass is 16.5. The number of amides is 1. The molecule has 108 valence electrons. The number of anilines is 1. The Bertz CT molecular complexity index is 820. The van der Waals surface area contributed by atoms with Crippen LogP contribution in [-0.4, -0.2) is 42.8 Å². The van der Waals surface area contributed by atoms with Gasteiger partial charge in [-0.3, -0.25) is 10.1 Å². The second-order valence-electron chi connectivity index (χ2n) is 4.44. The van der Waals surface area contributed by atoms with Crippen LogP contribution in [0.25, 0.3) is 5.65 Å². The van der Waals surface area contributed by atoms with Crippen molar-refractivity contribution in [1.82, 2.24) is 29.8 Å². The first-order valence-electron chi connectivity index (χ1n) is 6.18. The number of carbonyl (C=O) groups is 1. The molecule has 21 heavy (non-hydrogen) atoms. The fourth-order valence-corrected chi connectivity index (χ4v) is 1.95. The topological polar surface area (TPSA) is 110 Å². The molecule has 3 rings (SSSR count). The summed E-state index contributed by atoms with van der Waals surface area (Å²) >= 11 is 0. The van der Waals surface area contributed by atoms with E-state index in [1.165, 1.54) is 13.3 Å². The maximum absolute atomic E-state index is 12.3. The minimum Gasteiger partial charge on any atom is -0.466 e. The molecular formula is C12H13N7O2. The van der Waals surface area contributed by atoms with E-state index in [4.69, 9.17) is 4.74 Å². The van der Waals surface area contributed by atoms with Gasteiger partial charge in [0, 0.05) is 12.3 Å². The molecule has 0 aromatic carbocycles. The molecule has 3 aromatic rings. The fourth-order valence-electron chi connectivity index (χ4n) is 1.95. The number of aryl methyl sites for hydroxylation is 2. The normalized spacial score (nSPS) is 10.8. The van der Waals surface area contributed by atoms with Crippen LogP contribution in [0.4, 0.5) is 5.95 Å². The minimum absolute atomic E-state index is 0.151. The third-order valence-electron chi connectivity index (χ3n) is 2.97. The van der Waals surface area contributed by atoms with Crippen molar-refractivity contribution in [3.8, 4) is 6.01 Å². The molecule has 1 amide bonds. The van der Waals surface area contributed by atoms with Crippen molar-refractivity contribution in [2.75, 3.05) is 12.4 Å². The molecule has 0 aliphatic heterocycles. The number of hydrogen-bond acceptors (Lipinski definition) is 6. The predicted octanol–water partition coefficient (Wildman–Crippen LogP) is 0.725. The zero-order chi connectivity index (χ0) is 15.0. The lowest BCUT2D eigenvalue weighted by molar-refractivity contribution is 0.102. The van der Waals surface area contributed by atoms with Crippen molar-refractivity contribution in [3.63, 3.8) is 0 Å². The second kappa shape index (κ2) is 4.85. The van der Waals surface area contributed by atoms with E-state index in [9.17, 15) is 4.79 Å². The van der Waals surface area contributed by atoms with Gasteiger partial charge in [0.05, 0.1) is 24.1 Å². The fraction of sp³-hybridized carbons (Fsp3) is 0.250. The molecular weight excluding hydrogens is 274 g/mol. The van der Waals surface area contributed by atoms with Gasteiger partial charge >= 0.3 is 6.01 Å². The van der Waals surface area contributed by atoms with Crippen molar-refractivity contribution in [2.45, 2.75) is 13.8 Å². The van der Waals surface area contributed by atoms with E-state index in [1.807, 2.05) is 13.0 Å². The first kappa shape index (κ1) is 13.0. The third kappa shape index (κ3) is 2.29. The van der Waals surface area contributed by atoms with Gasteiger partial charge in [0.25, 0.3) is 5.91 Å². The van der Waals surface area contributed by atoms with E-state index in [0.29, 0.717) is 16.9 Å². The van der Waals surface area contributed by atoms with Gasteiger partial charge in [0.15, 0.2) is 5.65 Å². The summed E-state index contributed by atoms with van der Waals surface area (Å²) in [5.41, 5.74) is 2.63. The summed E-state index contributed by atoms with van der Waals surface area (Å²) < 4.78 is 6.47. The van der Waals surface area contributed by atoms with Crippen LogP contribution in [0, 0.1) is 13.8 Å². The van der Waals surface area contributed by atoms with Crippen molar-refractivity contribution in [3.05, 3.63) is 29.2 Å². The Morgan fingerprint density at radius 2 is 2.24 bits per heavy atom. The predicted molar refractivity (Wildman–Crippen MR) is 73.3 cm³/mol. The number of ether oxygens (including phenoxy) is 1. The number of methoxy groups -OCH3 is 1. The molecule has 0 atom stereocenters. The number of fused-ring (bicyclic) bond motifs is 1. The lowest BCUT2D eigenvalue weighted by Gasteiger charge is -2.06. The first-order valence-corrected chi connectivity index (χ1v) is 6.18. The molecule has 0 saturated heterocycles. The summed E-state index contributed by atoms with van der Waals surface area (Å²) in [6.07, 6.45) is 1.51. The van der Waals surface area contributed by atoms with Gasteiger partial charge in [-0.15, -0.1) is 5.10 Å². The van der Waals surface area contributed by atoms with Gasteiger partial charge in [-0.1, -0.05) is 0 Å². The zero-order valence-electron chi connectivity index (χ0n) is 11.7. The number of aromatic amines is 1. The highest BCUT2D eigenvalue weighted by Gasteiger charge is 2.15. The highest BCUT2D eigenvalue weighted by Crippen LogP contribution is 2.13. The van der Waals surface area contributed by atoms with Crippen LogP contribution >= 0.6 is 0 Å². The lowest BCUT2D eigenvalue weighted by atomic mass is 10.2. The van der Waals surface area contributed by atoms with Crippen LogP contribution in [0.1, 0.15) is 21.7 Å². The van der Waals surface area contributed by atoms with Crippen LogP contribution in [0.15, 0.2) is 12.3 Å². The Balaban J connectivity index is 1.92. The van der Waals surface area contributed by atoms with E-state index in [-0.39, 0.29) is 17.9 Å². The SMILES string of the molecule is COc1n[nH]c(NC(=O)c2cnc3cc(C)nn3c2C)n1. The van der Waals surface area contributed by atoms with Crippen molar-refractivity contribution in [1.29, 1.82) is 0 Å². The Kier molecular flexibility index (Phi) is 3.01. The molecule has 9 nitrogen and oxygen atoms in total. The number of hydrogen-bond donors (Lipinski definition) is 2. The maximum atomic E-state index is 12.3. The summed E-state index contributed by atoms with van der Waals surface area (Å²) in [6.45, 7) is 3.67. The van der Waals surface area contributed by atoms with E-state index < -0.39 is 0 Å². The summed E-state index contributed by atoms with van der Waals surface area (Å²) in [5, 5.41) is 13.2. The Hall–Kier alpha value is -2.97. The molecule has 0 spiro atoms. The molecule has 0 saturated carbocycles. The van der Waals surface area contributed by atoms with E-state index in [0.717, 1.165) is 5.69 Å². The number of nitrogens with zero attached hydrogens (tertiary/aromatic N) is 5. The van der Waals surface area contributed by atoms with E-state index in [2.05, 4.69) is 30.6 Å². The van der Waals surface area contributed by atoms with Gasteiger partial charge in [0.1, 0.15) is 0 Å². The van der Waals surface area contributed by atoms with Crippen LogP contribution in [0.2, 0.25) is 0 Å². The van der Waals surface area contributed by atoms with Crippen molar-refractivity contribution >= 4 is 17.5 Å². The molecule has 9 heteroatoms. The largest absolute Gasteiger partial charge is 0.466 e. The van der Waals surface area contributed by atoms with Gasteiger partial charge in [0.2, 0.25) is 5.95 Å². The minimum atomic E-state index is -0.353. The lowest BCUT2D eigenvalue weighted by Crippen LogP contribution is -2.17. The molecule has 0 bridgehead atoms. The number of aromatic nitrogens is 6. The first-order chi connectivity index (χ1) is 10.1. The molecule has 0 aliphatic rings. The third-order valence-corrected chi connectivity index (χ3v) is 2.97. The smallest absolute Gasteiger partial charge is 0.336 e. The van der Waals surface area contributed by atoms with Gasteiger partial charge in [-0.05, 0) is 13.8 Å². The monoisotopic (exact) mass is 287 g/mol. The Labute approximate surface area is 119 Å². The average Bonchev–Trinajstić information content (AvgIpc) is 3.05. The molecule has 0 radical (unpaired) electrons. The van der Waals surface area contributed by atoms with Gasteiger partial charge in [-0.2, -0.15) is 10.1 Å². The Morgan fingerprint density at radius 3 is 2.95 bits per heavy atom. The second-order valence-corrected chi connectivity index (χ2v) is 4.44. The highest BCUT2D eigenvalue weighted by molar-refractivity contribution is 6.04. The average molecular weight is 287 g/mol. The molecule has 2 N–H and O–H groups in total. The molecule has 0 aliphatic carbocycles. The number of H-pyrrole nitrogens is 1. The van der Waals surface area contributed by atoms with Crippen molar-refractivity contribution < 1.29 is 9.53 Å². The summed E-state index contributed by atoms with van der Waals surface area (Å²) in [5.74, 6) is -0.151. The molecule has 3 heterocycles. The van der Waals surface area contributed by atoms with Crippen LogP contribution in [0.5, 0.6) is 6.01 Å². The Morgan fingerprint density at radius 1 is 1.43 bits per heavy atom. The summed E-state index contributed by atoms with van der Waals surface area (Å²) in [6, 6.07) is 1.99. The standard InChI is InChI=1S/C12H13N7O2/c1-6-4-9-13-5-8(7(2)19(9)18-6)10(20)14-11-15-12(21-3)17-16-11/h4-5H,1-3H3,(H2,14,15,16,17,20). The maximum Gasteiger partial charge on any atom is 0.336 e. The van der Waals surface area contributed by atoms with Crippen LogP contribution in [-0.2, 0) is 0 Å². The molecule has 0 fully saturated rings. The van der Waals surface area contributed by atoms with Crippen LogP contribution in [0.3, 0.4) is 0 Å². The number of rotatable bonds is 3. The molecule has 3 aromatic heterocycles. The quantitative estimate of drug-likeness (QED) is 0.734. The van der Waals surface area contributed by atoms with Crippen LogP contribution < -0.4 is 10.1 Å². The van der Waals surface area contributed by atoms with E-state index in [1.54, 1.807) is 11.4 Å². The number of nitrogens with one attached hydrogen (secondary N) is 2. The number of carbonyl (C=O) groups excluding carboxylic acids is 1. The summed E-state index contributed by atoms with van der Waals surface area (Å²) in [4.78, 5) is 20.4. The summed E-state index contributed by atoms with van der Waals surface area (Å²) in [7, 11) is 1.44. The van der Waals surface area contributed by atoms with Gasteiger partial charge in [-0.25, -0.2) is 14.6 Å². The van der Waals surface area contributed by atoms with Crippen molar-refractivity contribution in [2.24, 2.45) is 0 Å².